The molecule has 0 unspecified atom stereocenters. The molecule has 0 amide bonds. The number of aromatic nitrogens is 1. The monoisotopic (exact) mass is 213 g/mol. The molecule has 2 aromatic rings. The van der Waals surface area contributed by atoms with Gasteiger partial charge in [-0.2, -0.15) is 0 Å². The van der Waals surface area contributed by atoms with Crippen LogP contribution in [0.3, 0.4) is 0 Å². The Balaban J connectivity index is 2.25. The van der Waals surface area contributed by atoms with E-state index in [9.17, 15) is 4.79 Å². The molecule has 0 aliphatic carbocycles. The van der Waals surface area contributed by atoms with E-state index in [1.54, 1.807) is 0 Å². The first-order valence-corrected chi connectivity index (χ1v) is 4.97. The van der Waals surface area contributed by atoms with E-state index in [1.807, 2.05) is 48.5 Å². The standard InChI is InChI=1S/C13H11NO2/c15-10-16-9-12-7-4-8-13(14-12)11-5-2-1-3-6-11/h1-8,10H,9H2. The zero-order valence-corrected chi connectivity index (χ0v) is 8.67. The Bertz CT molecular complexity index is 468. The van der Waals surface area contributed by atoms with Crippen molar-refractivity contribution in [1.82, 2.24) is 4.98 Å². The van der Waals surface area contributed by atoms with Crippen LogP contribution in [0.2, 0.25) is 0 Å². The number of nitrogens with zero attached hydrogens (tertiary/aromatic N) is 1. The van der Waals surface area contributed by atoms with Gasteiger partial charge in [0.1, 0.15) is 6.61 Å². The summed E-state index contributed by atoms with van der Waals surface area (Å²) >= 11 is 0. The van der Waals surface area contributed by atoms with Crippen LogP contribution in [-0.4, -0.2) is 11.5 Å². The molecule has 0 atom stereocenters. The maximum absolute atomic E-state index is 10.1. The third-order valence-electron chi connectivity index (χ3n) is 2.18. The van der Waals surface area contributed by atoms with E-state index in [0.29, 0.717) is 6.47 Å². The van der Waals surface area contributed by atoms with Crippen molar-refractivity contribution in [2.75, 3.05) is 0 Å². The van der Waals surface area contributed by atoms with Crippen LogP contribution in [0.5, 0.6) is 0 Å². The molecule has 0 spiro atoms. The predicted molar refractivity (Wildman–Crippen MR) is 60.5 cm³/mol. The molecule has 0 fully saturated rings. The van der Waals surface area contributed by atoms with Crippen molar-refractivity contribution in [3.63, 3.8) is 0 Å². The summed E-state index contributed by atoms with van der Waals surface area (Å²) < 4.78 is 4.67. The van der Waals surface area contributed by atoms with E-state index >= 15 is 0 Å². The van der Waals surface area contributed by atoms with Crippen molar-refractivity contribution < 1.29 is 9.53 Å². The zero-order valence-electron chi connectivity index (χ0n) is 8.67. The molecule has 0 bridgehead atoms. The molecule has 0 saturated heterocycles. The maximum atomic E-state index is 10.1. The molecular weight excluding hydrogens is 202 g/mol. The highest BCUT2D eigenvalue weighted by Crippen LogP contribution is 2.16. The first-order chi connectivity index (χ1) is 7.90. The van der Waals surface area contributed by atoms with Crippen LogP contribution in [0.15, 0.2) is 48.5 Å². The number of carbonyl (C=O) groups excluding carboxylic acids is 1. The van der Waals surface area contributed by atoms with Gasteiger partial charge in [-0.25, -0.2) is 4.98 Å². The van der Waals surface area contributed by atoms with Crippen molar-refractivity contribution in [1.29, 1.82) is 0 Å². The Kier molecular flexibility index (Phi) is 3.28. The highest BCUT2D eigenvalue weighted by atomic mass is 16.5. The fourth-order valence-electron chi connectivity index (χ4n) is 1.45. The largest absolute Gasteiger partial charge is 0.461 e. The molecular formula is C13H11NO2. The molecule has 1 aromatic heterocycles. The predicted octanol–water partition coefficient (Wildman–Crippen LogP) is 2.42. The molecule has 3 nitrogen and oxygen atoms in total. The van der Waals surface area contributed by atoms with E-state index in [0.717, 1.165) is 17.0 Å². The molecule has 0 aliphatic rings. The smallest absolute Gasteiger partial charge is 0.293 e. The molecule has 16 heavy (non-hydrogen) atoms. The highest BCUT2D eigenvalue weighted by molar-refractivity contribution is 5.58. The van der Waals surface area contributed by atoms with Gasteiger partial charge in [0, 0.05) is 5.56 Å². The molecule has 0 aliphatic heterocycles. The van der Waals surface area contributed by atoms with Crippen LogP contribution in [0.1, 0.15) is 5.69 Å². The lowest BCUT2D eigenvalue weighted by molar-refractivity contribution is -0.129. The van der Waals surface area contributed by atoms with Crippen molar-refractivity contribution >= 4 is 6.47 Å². The lowest BCUT2D eigenvalue weighted by Crippen LogP contribution is -1.95. The number of benzene rings is 1. The molecule has 0 saturated carbocycles. The van der Waals surface area contributed by atoms with E-state index in [4.69, 9.17) is 0 Å². The maximum Gasteiger partial charge on any atom is 0.293 e. The van der Waals surface area contributed by atoms with Crippen molar-refractivity contribution in [2.45, 2.75) is 6.61 Å². The summed E-state index contributed by atoms with van der Waals surface area (Å²) in [6.45, 7) is 0.640. The number of ether oxygens (including phenoxy) is 1. The average Bonchev–Trinajstić information content (AvgIpc) is 2.38. The number of hydrogen-bond donors (Lipinski definition) is 0. The Morgan fingerprint density at radius 2 is 1.88 bits per heavy atom. The van der Waals surface area contributed by atoms with E-state index < -0.39 is 0 Å². The van der Waals surface area contributed by atoms with Gasteiger partial charge in [-0.3, -0.25) is 4.79 Å². The number of pyridine rings is 1. The summed E-state index contributed by atoms with van der Waals surface area (Å²) in [7, 11) is 0. The molecule has 1 aromatic carbocycles. The number of hydrogen-bond acceptors (Lipinski definition) is 3. The van der Waals surface area contributed by atoms with Gasteiger partial charge < -0.3 is 4.74 Å². The Hall–Kier alpha value is -2.16. The Morgan fingerprint density at radius 1 is 1.06 bits per heavy atom. The molecule has 80 valence electrons. The fraction of sp³-hybridized carbons (Fsp3) is 0.0769. The summed E-state index contributed by atoms with van der Waals surface area (Å²) in [5.41, 5.74) is 2.68. The number of carbonyl (C=O) groups is 1. The zero-order chi connectivity index (χ0) is 11.2. The van der Waals surface area contributed by atoms with Crippen LogP contribution < -0.4 is 0 Å². The second-order valence-corrected chi connectivity index (χ2v) is 3.29. The summed E-state index contributed by atoms with van der Waals surface area (Å²) in [5.74, 6) is 0. The van der Waals surface area contributed by atoms with Gasteiger partial charge in [-0.05, 0) is 12.1 Å². The molecule has 2 rings (SSSR count). The first-order valence-electron chi connectivity index (χ1n) is 4.97. The topological polar surface area (TPSA) is 39.2 Å². The molecule has 1 heterocycles. The highest BCUT2D eigenvalue weighted by Gasteiger charge is 2.00. The van der Waals surface area contributed by atoms with Crippen LogP contribution >= 0.6 is 0 Å². The minimum atomic E-state index is 0.212. The average molecular weight is 213 g/mol. The van der Waals surface area contributed by atoms with Gasteiger partial charge in [-0.1, -0.05) is 36.4 Å². The van der Waals surface area contributed by atoms with E-state index in [2.05, 4.69) is 9.72 Å². The summed E-state index contributed by atoms with van der Waals surface area (Å²) in [6.07, 6.45) is 0. The quantitative estimate of drug-likeness (QED) is 0.732. The molecule has 0 N–H and O–H groups in total. The third kappa shape index (κ3) is 2.45. The second-order valence-electron chi connectivity index (χ2n) is 3.29. The van der Waals surface area contributed by atoms with Gasteiger partial charge in [0.15, 0.2) is 0 Å². The van der Waals surface area contributed by atoms with Crippen molar-refractivity contribution in [3.8, 4) is 11.3 Å². The van der Waals surface area contributed by atoms with Gasteiger partial charge >= 0.3 is 0 Å². The van der Waals surface area contributed by atoms with Gasteiger partial charge in [0.05, 0.1) is 11.4 Å². The minimum Gasteiger partial charge on any atom is -0.461 e. The third-order valence-corrected chi connectivity index (χ3v) is 2.18. The van der Waals surface area contributed by atoms with Crippen LogP contribution in [0.25, 0.3) is 11.3 Å². The normalized spacial score (nSPS) is 9.75. The fourth-order valence-corrected chi connectivity index (χ4v) is 1.45. The number of rotatable bonds is 4. The summed E-state index contributed by atoms with van der Waals surface area (Å²) in [4.78, 5) is 14.5. The van der Waals surface area contributed by atoms with Crippen LogP contribution in [0, 0.1) is 0 Å². The van der Waals surface area contributed by atoms with E-state index in [-0.39, 0.29) is 6.61 Å². The van der Waals surface area contributed by atoms with Crippen LogP contribution in [-0.2, 0) is 16.1 Å². The molecule has 0 radical (unpaired) electrons. The van der Waals surface area contributed by atoms with E-state index in [1.165, 1.54) is 0 Å². The van der Waals surface area contributed by atoms with Crippen LogP contribution in [0.4, 0.5) is 0 Å². The van der Waals surface area contributed by atoms with Crippen molar-refractivity contribution in [3.05, 3.63) is 54.2 Å². The first kappa shape index (κ1) is 10.4. The Morgan fingerprint density at radius 3 is 2.62 bits per heavy atom. The lowest BCUT2D eigenvalue weighted by Gasteiger charge is -2.03. The summed E-state index contributed by atoms with van der Waals surface area (Å²) in [6, 6.07) is 15.5. The Labute approximate surface area is 93.7 Å². The van der Waals surface area contributed by atoms with Crippen molar-refractivity contribution in [2.24, 2.45) is 0 Å². The lowest BCUT2D eigenvalue weighted by atomic mass is 10.1. The SMILES string of the molecule is O=COCc1cccc(-c2ccccc2)n1. The molecule has 3 heteroatoms. The van der Waals surface area contributed by atoms with Gasteiger partial charge in [0.2, 0.25) is 0 Å². The second kappa shape index (κ2) is 5.07. The summed E-state index contributed by atoms with van der Waals surface area (Å²) in [5, 5.41) is 0. The minimum absolute atomic E-state index is 0.212. The van der Waals surface area contributed by atoms with Gasteiger partial charge in [0.25, 0.3) is 6.47 Å². The van der Waals surface area contributed by atoms with Gasteiger partial charge in [-0.15, -0.1) is 0 Å².